The molecule has 1 N–H and O–H groups in total. The fourth-order valence-electron chi connectivity index (χ4n) is 6.97. The van der Waals surface area contributed by atoms with E-state index in [0.29, 0.717) is 58.5 Å². The number of nitrogens with one attached hydrogen (secondary N) is 1. The summed E-state index contributed by atoms with van der Waals surface area (Å²) >= 11 is 0. The van der Waals surface area contributed by atoms with Crippen LogP contribution < -0.4 is 5.32 Å². The van der Waals surface area contributed by atoms with Crippen molar-refractivity contribution in [3.05, 3.63) is 36.1 Å². The minimum absolute atomic E-state index is 0.148. The summed E-state index contributed by atoms with van der Waals surface area (Å²) in [6, 6.07) is 0. The van der Waals surface area contributed by atoms with Crippen LogP contribution in [-0.4, -0.2) is 96.8 Å². The molecule has 0 heterocycles. The Bertz CT molecular complexity index is 1090. The zero-order valence-corrected chi connectivity index (χ0v) is 41.3. The van der Waals surface area contributed by atoms with Gasteiger partial charge in [0, 0.05) is 26.0 Å². The Hall–Kier alpha value is -2.37. The lowest BCUT2D eigenvalue weighted by Gasteiger charge is -2.17. The van der Waals surface area contributed by atoms with Gasteiger partial charge in [0.2, 0.25) is 0 Å². The van der Waals surface area contributed by atoms with E-state index in [2.05, 4.69) is 48.5 Å². The smallest absolute Gasteiger partial charge is 0.337 e. The number of rotatable bonds is 50. The molecule has 0 radical (unpaired) electrons. The number of amides is 1. The van der Waals surface area contributed by atoms with Gasteiger partial charge in [-0.1, -0.05) is 160 Å². The second-order valence-corrected chi connectivity index (χ2v) is 16.6. The van der Waals surface area contributed by atoms with Gasteiger partial charge in [0.25, 0.3) is 5.91 Å². The van der Waals surface area contributed by atoms with Crippen LogP contribution in [0.1, 0.15) is 207 Å². The maximum atomic E-state index is 13.0. The van der Waals surface area contributed by atoms with E-state index in [1.165, 1.54) is 154 Å². The molecule has 1 amide bonds. The zero-order valence-electron chi connectivity index (χ0n) is 41.3. The summed E-state index contributed by atoms with van der Waals surface area (Å²) < 4.78 is 34.2. The number of aliphatic imine (C=N–C) groups is 1. The molecule has 10 nitrogen and oxygen atoms in total. The highest BCUT2D eigenvalue weighted by Gasteiger charge is 2.21. The predicted molar refractivity (Wildman–Crippen MR) is 264 cm³/mol. The fraction of sp³-hybridized carbons (Fsp3) is 0.830. The third-order valence-corrected chi connectivity index (χ3v) is 10.8. The minimum atomic E-state index is -0.728. The number of unbranched alkanes of at least 4 members (excludes halogenated alkanes) is 24. The van der Waals surface area contributed by atoms with E-state index in [4.69, 9.17) is 28.4 Å². The van der Waals surface area contributed by atoms with Crippen molar-refractivity contribution in [3.8, 4) is 0 Å². The van der Waals surface area contributed by atoms with Gasteiger partial charge in [0.1, 0.15) is 12.3 Å². The Balaban J connectivity index is 4.23. The molecule has 0 aliphatic heterocycles. The van der Waals surface area contributed by atoms with Crippen LogP contribution in [0.4, 0.5) is 0 Å². The monoisotopic (exact) mass is 891 g/mol. The van der Waals surface area contributed by atoms with Gasteiger partial charge < -0.3 is 33.7 Å². The number of hydrogen-bond donors (Lipinski definition) is 1. The van der Waals surface area contributed by atoms with E-state index < -0.39 is 12.1 Å². The first-order valence-corrected chi connectivity index (χ1v) is 25.9. The highest BCUT2D eigenvalue weighted by atomic mass is 16.6. The summed E-state index contributed by atoms with van der Waals surface area (Å²) in [5, 5.41) is 2.77. The van der Waals surface area contributed by atoms with Gasteiger partial charge >= 0.3 is 5.97 Å². The fourth-order valence-corrected chi connectivity index (χ4v) is 6.97. The quantitative estimate of drug-likeness (QED) is 0.0211. The second-order valence-electron chi connectivity index (χ2n) is 16.6. The van der Waals surface area contributed by atoms with Crippen molar-refractivity contribution in [2.75, 3.05) is 72.6 Å². The van der Waals surface area contributed by atoms with Gasteiger partial charge in [-0.3, -0.25) is 9.79 Å². The molecule has 63 heavy (non-hydrogen) atoms. The number of esters is 1. The summed E-state index contributed by atoms with van der Waals surface area (Å²) in [6.45, 7) is 12.3. The number of carbonyl (C=O) groups excluding carboxylic acids is 2. The first kappa shape index (κ1) is 60.6. The third kappa shape index (κ3) is 46.0. The van der Waals surface area contributed by atoms with Gasteiger partial charge in [0.05, 0.1) is 46.2 Å². The molecule has 0 aromatic rings. The van der Waals surface area contributed by atoms with Gasteiger partial charge in [-0.25, -0.2) is 4.79 Å². The molecule has 0 rings (SSSR count). The van der Waals surface area contributed by atoms with Crippen molar-refractivity contribution < 1.29 is 38.0 Å². The van der Waals surface area contributed by atoms with Crippen LogP contribution in [0.5, 0.6) is 0 Å². The predicted octanol–water partition coefficient (Wildman–Crippen LogP) is 13.2. The average molecular weight is 891 g/mol. The first-order chi connectivity index (χ1) is 31.1. The standard InChI is InChI=1S/C53H98N2O8/c1-5-9-11-13-15-17-19-21-23-25-27-29-31-33-35-37-40-61-49-51(62-41-38-36-34-32-30-28-26-24-22-20-18-16-14-12-10-6-2)53(57)63-48-47-60-46-45-59-44-43-58-42-39-55-52(56)50(7-3)54-8-4/h7-8,21-24,51H,5-6,9-20,25-49H2,1-4H3,(H,55,56)/b23-21-,24-22-,50-7-,54-8?. The maximum Gasteiger partial charge on any atom is 0.337 e. The van der Waals surface area contributed by atoms with E-state index in [-0.39, 0.29) is 25.7 Å². The van der Waals surface area contributed by atoms with Crippen LogP contribution in [0.15, 0.2) is 41.1 Å². The Morgan fingerprint density at radius 2 is 0.889 bits per heavy atom. The van der Waals surface area contributed by atoms with Crippen LogP contribution in [0, 0.1) is 0 Å². The van der Waals surface area contributed by atoms with Gasteiger partial charge in [0.15, 0.2) is 6.10 Å². The van der Waals surface area contributed by atoms with Crippen molar-refractivity contribution in [2.45, 2.75) is 214 Å². The van der Waals surface area contributed by atoms with Gasteiger partial charge in [-0.2, -0.15) is 0 Å². The largest absolute Gasteiger partial charge is 0.461 e. The second kappa shape index (κ2) is 52.3. The summed E-state index contributed by atoms with van der Waals surface area (Å²) in [4.78, 5) is 29.0. The molecule has 0 saturated heterocycles. The normalized spacial score (nSPS) is 12.7. The van der Waals surface area contributed by atoms with Crippen molar-refractivity contribution >= 4 is 18.1 Å². The first-order valence-electron chi connectivity index (χ1n) is 25.9. The van der Waals surface area contributed by atoms with E-state index in [1.807, 2.05) is 0 Å². The van der Waals surface area contributed by atoms with Crippen LogP contribution in [0.2, 0.25) is 0 Å². The van der Waals surface area contributed by atoms with E-state index >= 15 is 0 Å². The average Bonchev–Trinajstić information content (AvgIpc) is 3.29. The molecule has 0 saturated carbocycles. The molecule has 0 aromatic carbocycles. The Morgan fingerprint density at radius 1 is 0.476 bits per heavy atom. The summed E-state index contributed by atoms with van der Waals surface area (Å²) in [5.74, 6) is -0.619. The summed E-state index contributed by atoms with van der Waals surface area (Å²) in [7, 11) is 0. The third-order valence-electron chi connectivity index (χ3n) is 10.8. The molecular weight excluding hydrogens is 793 g/mol. The molecule has 0 aliphatic carbocycles. The molecule has 1 unspecified atom stereocenters. The highest BCUT2D eigenvalue weighted by Crippen LogP contribution is 2.13. The van der Waals surface area contributed by atoms with Crippen LogP contribution >= 0.6 is 0 Å². The SMILES string of the molecule is CC=N/C(=C\C)C(=O)NCCOCCOCCOCCOC(=O)C(COCCCCCCCC/C=C\CCCCCCCC)OCCCCCCCC/C=C\CCCCCCCC. The Kier molecular flexibility index (Phi) is 50.3. The van der Waals surface area contributed by atoms with Crippen molar-refractivity contribution in [2.24, 2.45) is 4.99 Å². The molecule has 0 fully saturated rings. The topological polar surface area (TPSA) is 114 Å². The molecule has 0 spiro atoms. The zero-order chi connectivity index (χ0) is 45.8. The Morgan fingerprint density at radius 3 is 1.35 bits per heavy atom. The van der Waals surface area contributed by atoms with Crippen LogP contribution in [-0.2, 0) is 38.0 Å². The number of nitrogens with zero attached hydrogens (tertiary/aromatic N) is 1. The minimum Gasteiger partial charge on any atom is -0.461 e. The molecule has 1 atom stereocenters. The van der Waals surface area contributed by atoms with Crippen LogP contribution in [0.25, 0.3) is 0 Å². The number of carbonyl (C=O) groups is 2. The van der Waals surface area contributed by atoms with E-state index in [0.717, 1.165) is 25.7 Å². The summed E-state index contributed by atoms with van der Waals surface area (Å²) in [6.07, 6.45) is 47.4. The van der Waals surface area contributed by atoms with Crippen LogP contribution in [0.3, 0.4) is 0 Å². The van der Waals surface area contributed by atoms with Crippen molar-refractivity contribution in [3.63, 3.8) is 0 Å². The highest BCUT2D eigenvalue weighted by molar-refractivity contribution is 5.94. The van der Waals surface area contributed by atoms with Gasteiger partial charge in [-0.15, -0.1) is 0 Å². The molecular formula is C53H98N2O8. The van der Waals surface area contributed by atoms with E-state index in [9.17, 15) is 9.59 Å². The molecule has 368 valence electrons. The summed E-state index contributed by atoms with van der Waals surface area (Å²) in [5.41, 5.74) is 0.381. The van der Waals surface area contributed by atoms with Gasteiger partial charge in [-0.05, 0) is 78.1 Å². The lowest BCUT2D eigenvalue weighted by molar-refractivity contribution is -0.163. The number of allylic oxidation sites excluding steroid dienone is 5. The van der Waals surface area contributed by atoms with E-state index in [1.54, 1.807) is 26.1 Å². The lowest BCUT2D eigenvalue weighted by Crippen LogP contribution is -2.32. The number of hydrogen-bond acceptors (Lipinski definition) is 9. The van der Waals surface area contributed by atoms with Crippen molar-refractivity contribution in [1.82, 2.24) is 5.32 Å². The lowest BCUT2D eigenvalue weighted by atomic mass is 10.1. The number of ether oxygens (including phenoxy) is 6. The maximum absolute atomic E-state index is 13.0. The molecule has 0 bridgehead atoms. The molecule has 0 aromatic heterocycles. The Labute approximate surface area is 387 Å². The van der Waals surface area contributed by atoms with Crippen molar-refractivity contribution in [1.29, 1.82) is 0 Å². The molecule has 10 heteroatoms. The molecule has 0 aliphatic rings.